The van der Waals surface area contributed by atoms with E-state index in [0.717, 1.165) is 16.8 Å². The van der Waals surface area contributed by atoms with Crippen molar-refractivity contribution in [3.8, 4) is 0 Å². The van der Waals surface area contributed by atoms with Gasteiger partial charge in [0.25, 0.3) is 5.56 Å². The summed E-state index contributed by atoms with van der Waals surface area (Å²) in [5, 5.41) is 1.63. The van der Waals surface area contributed by atoms with Gasteiger partial charge in [-0.05, 0) is 41.8 Å². The van der Waals surface area contributed by atoms with Gasteiger partial charge in [0.15, 0.2) is 0 Å². The average Bonchev–Trinajstić information content (AvgIpc) is 2.90. The van der Waals surface area contributed by atoms with Crippen LogP contribution in [0.15, 0.2) is 57.9 Å². The summed E-state index contributed by atoms with van der Waals surface area (Å²) >= 11 is 0. The highest BCUT2D eigenvalue weighted by Crippen LogP contribution is 2.12. The molecule has 0 radical (unpaired) electrons. The van der Waals surface area contributed by atoms with E-state index in [4.69, 9.17) is 4.42 Å². The van der Waals surface area contributed by atoms with Crippen molar-refractivity contribution in [2.45, 2.75) is 0 Å². The SMILES string of the molecule is O=c1[nH]c(/C=C/c2ccco2)cc2ccccc12. The maximum atomic E-state index is 11.8. The van der Waals surface area contributed by atoms with Gasteiger partial charge in [0, 0.05) is 11.1 Å². The highest BCUT2D eigenvalue weighted by Gasteiger charge is 1.98. The summed E-state index contributed by atoms with van der Waals surface area (Å²) in [4.78, 5) is 14.7. The summed E-state index contributed by atoms with van der Waals surface area (Å²) in [5.74, 6) is 0.754. The number of H-pyrrole nitrogens is 1. The third-order valence-electron chi connectivity index (χ3n) is 2.74. The van der Waals surface area contributed by atoms with Crippen LogP contribution < -0.4 is 5.56 Å². The summed E-state index contributed by atoms with van der Waals surface area (Å²) in [7, 11) is 0. The largest absolute Gasteiger partial charge is 0.465 e. The van der Waals surface area contributed by atoms with Crippen LogP contribution in [0.4, 0.5) is 0 Å². The zero-order chi connectivity index (χ0) is 12.4. The number of hydrogen-bond donors (Lipinski definition) is 1. The second kappa shape index (κ2) is 4.37. The van der Waals surface area contributed by atoms with E-state index in [9.17, 15) is 4.79 Å². The number of furan rings is 1. The molecular formula is C15H11NO2. The lowest BCUT2D eigenvalue weighted by molar-refractivity contribution is 0.557. The fourth-order valence-electron chi connectivity index (χ4n) is 1.88. The highest BCUT2D eigenvalue weighted by molar-refractivity contribution is 5.83. The van der Waals surface area contributed by atoms with Crippen molar-refractivity contribution >= 4 is 22.9 Å². The Morgan fingerprint density at radius 2 is 1.94 bits per heavy atom. The Morgan fingerprint density at radius 1 is 1.06 bits per heavy atom. The molecule has 3 aromatic rings. The zero-order valence-electron chi connectivity index (χ0n) is 9.59. The Kier molecular flexibility index (Phi) is 2.57. The molecule has 0 saturated carbocycles. The molecule has 0 fully saturated rings. The lowest BCUT2D eigenvalue weighted by Gasteiger charge is -1.98. The maximum absolute atomic E-state index is 11.8. The number of aromatic amines is 1. The van der Waals surface area contributed by atoms with E-state index in [-0.39, 0.29) is 5.56 Å². The van der Waals surface area contributed by atoms with E-state index in [2.05, 4.69) is 4.98 Å². The van der Waals surface area contributed by atoms with Crippen LogP contribution in [0.3, 0.4) is 0 Å². The van der Waals surface area contributed by atoms with E-state index >= 15 is 0 Å². The molecule has 0 bridgehead atoms. The molecule has 3 rings (SSSR count). The van der Waals surface area contributed by atoms with Crippen LogP contribution in [0.5, 0.6) is 0 Å². The molecule has 1 aromatic carbocycles. The van der Waals surface area contributed by atoms with Gasteiger partial charge in [-0.3, -0.25) is 4.79 Å². The van der Waals surface area contributed by atoms with Gasteiger partial charge < -0.3 is 9.40 Å². The van der Waals surface area contributed by atoms with Gasteiger partial charge in [-0.1, -0.05) is 18.2 Å². The number of pyridine rings is 1. The van der Waals surface area contributed by atoms with E-state index < -0.39 is 0 Å². The molecule has 0 spiro atoms. The monoisotopic (exact) mass is 237 g/mol. The maximum Gasteiger partial charge on any atom is 0.256 e. The van der Waals surface area contributed by atoms with E-state index in [1.165, 1.54) is 0 Å². The van der Waals surface area contributed by atoms with Gasteiger partial charge in [0.2, 0.25) is 0 Å². The topological polar surface area (TPSA) is 46.0 Å². The third-order valence-corrected chi connectivity index (χ3v) is 2.74. The van der Waals surface area contributed by atoms with Gasteiger partial charge in [0.05, 0.1) is 6.26 Å². The standard InChI is InChI=1S/C15H11NO2/c17-15-14-6-2-1-4-11(14)10-12(16-15)7-8-13-5-3-9-18-13/h1-10H,(H,16,17)/b8-7+. The molecule has 3 nitrogen and oxygen atoms in total. The normalized spacial score (nSPS) is 11.3. The van der Waals surface area contributed by atoms with Crippen molar-refractivity contribution in [2.24, 2.45) is 0 Å². The molecule has 88 valence electrons. The molecule has 0 aliphatic rings. The summed E-state index contributed by atoms with van der Waals surface area (Å²) in [5.41, 5.74) is 0.683. The van der Waals surface area contributed by atoms with Crippen LogP contribution >= 0.6 is 0 Å². The number of fused-ring (bicyclic) bond motifs is 1. The van der Waals surface area contributed by atoms with Crippen LogP contribution in [-0.4, -0.2) is 4.98 Å². The molecule has 0 aliphatic carbocycles. The summed E-state index contributed by atoms with van der Waals surface area (Å²) in [6, 6.07) is 13.1. The van der Waals surface area contributed by atoms with E-state index in [1.54, 1.807) is 6.26 Å². The molecular weight excluding hydrogens is 226 g/mol. The Bertz CT molecular complexity index is 752. The summed E-state index contributed by atoms with van der Waals surface area (Å²) in [6.45, 7) is 0. The summed E-state index contributed by atoms with van der Waals surface area (Å²) in [6.07, 6.45) is 5.26. The third kappa shape index (κ3) is 1.98. The van der Waals surface area contributed by atoms with Crippen LogP contribution in [0, 0.1) is 0 Å². The van der Waals surface area contributed by atoms with Crippen molar-refractivity contribution in [3.05, 3.63) is 70.5 Å². The van der Waals surface area contributed by atoms with Gasteiger partial charge in [-0.15, -0.1) is 0 Å². The predicted molar refractivity (Wildman–Crippen MR) is 72.2 cm³/mol. The summed E-state index contributed by atoms with van der Waals surface area (Å²) < 4.78 is 5.19. The smallest absolute Gasteiger partial charge is 0.256 e. The Hall–Kier alpha value is -2.55. The van der Waals surface area contributed by atoms with Crippen molar-refractivity contribution in [2.75, 3.05) is 0 Å². The van der Waals surface area contributed by atoms with Crippen molar-refractivity contribution in [1.29, 1.82) is 0 Å². The number of benzene rings is 1. The average molecular weight is 237 g/mol. The van der Waals surface area contributed by atoms with Gasteiger partial charge in [-0.2, -0.15) is 0 Å². The van der Waals surface area contributed by atoms with Gasteiger partial charge >= 0.3 is 0 Å². The van der Waals surface area contributed by atoms with Crippen molar-refractivity contribution < 1.29 is 4.42 Å². The van der Waals surface area contributed by atoms with Crippen LogP contribution in [0.1, 0.15) is 11.5 Å². The van der Waals surface area contributed by atoms with Crippen molar-refractivity contribution in [1.82, 2.24) is 4.98 Å². The molecule has 3 heteroatoms. The second-order valence-electron chi connectivity index (χ2n) is 3.99. The van der Waals surface area contributed by atoms with Crippen LogP contribution in [0.2, 0.25) is 0 Å². The molecule has 0 amide bonds. The van der Waals surface area contributed by atoms with Crippen LogP contribution in [-0.2, 0) is 0 Å². The predicted octanol–water partition coefficient (Wildman–Crippen LogP) is 3.29. The van der Waals surface area contributed by atoms with Gasteiger partial charge in [-0.25, -0.2) is 0 Å². The number of aromatic nitrogens is 1. The minimum absolute atomic E-state index is 0.0767. The molecule has 18 heavy (non-hydrogen) atoms. The molecule has 2 aromatic heterocycles. The van der Waals surface area contributed by atoms with Crippen LogP contribution in [0.25, 0.3) is 22.9 Å². The Labute approximate surface area is 103 Å². The first kappa shape index (κ1) is 10.6. The molecule has 0 atom stereocenters. The fraction of sp³-hybridized carbons (Fsp3) is 0. The van der Waals surface area contributed by atoms with E-state index in [0.29, 0.717) is 5.39 Å². The lowest BCUT2D eigenvalue weighted by atomic mass is 10.1. The minimum atomic E-state index is -0.0767. The molecule has 2 heterocycles. The number of hydrogen-bond acceptors (Lipinski definition) is 2. The lowest BCUT2D eigenvalue weighted by Crippen LogP contribution is -2.06. The van der Waals surface area contributed by atoms with E-state index in [1.807, 2.05) is 54.6 Å². The molecule has 0 saturated heterocycles. The fourth-order valence-corrected chi connectivity index (χ4v) is 1.88. The number of nitrogens with one attached hydrogen (secondary N) is 1. The quantitative estimate of drug-likeness (QED) is 0.743. The Balaban J connectivity index is 2.06. The zero-order valence-corrected chi connectivity index (χ0v) is 9.59. The van der Waals surface area contributed by atoms with Crippen molar-refractivity contribution in [3.63, 3.8) is 0 Å². The first-order chi connectivity index (χ1) is 8.83. The number of rotatable bonds is 2. The minimum Gasteiger partial charge on any atom is -0.465 e. The Morgan fingerprint density at radius 3 is 2.78 bits per heavy atom. The second-order valence-corrected chi connectivity index (χ2v) is 3.99. The molecule has 0 unspecified atom stereocenters. The first-order valence-electron chi connectivity index (χ1n) is 5.66. The molecule has 0 aliphatic heterocycles. The first-order valence-corrected chi connectivity index (χ1v) is 5.66. The highest BCUT2D eigenvalue weighted by atomic mass is 16.3. The molecule has 1 N–H and O–H groups in total. The van der Waals surface area contributed by atoms with Gasteiger partial charge in [0.1, 0.15) is 5.76 Å².